The molecule has 1 saturated heterocycles. The van der Waals surface area contributed by atoms with Gasteiger partial charge in [-0.25, -0.2) is 0 Å². The highest BCUT2D eigenvalue weighted by molar-refractivity contribution is 5.02. The Labute approximate surface area is 105 Å². The van der Waals surface area contributed by atoms with Gasteiger partial charge in [0.15, 0.2) is 0 Å². The van der Waals surface area contributed by atoms with E-state index in [0.29, 0.717) is 0 Å². The quantitative estimate of drug-likeness (QED) is 0.729. The third kappa shape index (κ3) is 2.67. The third-order valence-corrected chi connectivity index (χ3v) is 5.06. The van der Waals surface area contributed by atoms with Crippen LogP contribution in [0.1, 0.15) is 39.0 Å². The molecule has 0 amide bonds. The minimum absolute atomic E-state index is 0.228. The molecular formula is C14H27N3. The van der Waals surface area contributed by atoms with E-state index < -0.39 is 0 Å². The minimum Gasteiger partial charge on any atom is -0.329 e. The Hall–Kier alpha value is -0.120. The Morgan fingerprint density at radius 2 is 2.12 bits per heavy atom. The van der Waals surface area contributed by atoms with E-state index in [1.54, 1.807) is 0 Å². The highest BCUT2D eigenvalue weighted by atomic mass is 15.3. The second kappa shape index (κ2) is 4.52. The average Bonchev–Trinajstić information content (AvgIpc) is 3.23. The van der Waals surface area contributed by atoms with Crippen molar-refractivity contribution in [2.24, 2.45) is 17.6 Å². The van der Waals surface area contributed by atoms with Gasteiger partial charge in [0, 0.05) is 31.2 Å². The standard InChI is InChI=1S/C14H27N3/c1-11(12-2-3-12)8-16-14(9-15)6-7-17(10-14)13-4-5-13/h11-13,16H,2-10,15H2,1H3. The van der Waals surface area contributed by atoms with Crippen LogP contribution in [0.4, 0.5) is 0 Å². The molecule has 0 spiro atoms. The zero-order valence-corrected chi connectivity index (χ0v) is 11.1. The zero-order valence-electron chi connectivity index (χ0n) is 11.1. The van der Waals surface area contributed by atoms with E-state index >= 15 is 0 Å². The van der Waals surface area contributed by atoms with Gasteiger partial charge in [0.1, 0.15) is 0 Å². The fourth-order valence-electron chi connectivity index (χ4n) is 3.25. The van der Waals surface area contributed by atoms with Gasteiger partial charge in [-0.15, -0.1) is 0 Å². The molecule has 3 nitrogen and oxygen atoms in total. The monoisotopic (exact) mass is 237 g/mol. The molecule has 2 aliphatic carbocycles. The SMILES string of the molecule is CC(CNC1(CN)CCN(C2CC2)C1)C1CC1. The number of hydrogen-bond donors (Lipinski definition) is 2. The number of nitrogens with one attached hydrogen (secondary N) is 1. The van der Waals surface area contributed by atoms with Gasteiger partial charge in [0.05, 0.1) is 0 Å². The van der Waals surface area contributed by atoms with Crippen LogP contribution in [0, 0.1) is 11.8 Å². The topological polar surface area (TPSA) is 41.3 Å². The van der Waals surface area contributed by atoms with Crippen molar-refractivity contribution in [2.75, 3.05) is 26.2 Å². The Kier molecular flexibility index (Phi) is 3.18. The zero-order chi connectivity index (χ0) is 11.9. The first kappa shape index (κ1) is 11.9. The smallest absolute Gasteiger partial charge is 0.0445 e. The number of rotatable bonds is 6. The average molecular weight is 237 g/mol. The van der Waals surface area contributed by atoms with Crippen LogP contribution >= 0.6 is 0 Å². The molecule has 3 N–H and O–H groups in total. The normalized spacial score (nSPS) is 36.4. The molecule has 3 aliphatic rings. The van der Waals surface area contributed by atoms with E-state index in [-0.39, 0.29) is 5.54 Å². The molecule has 2 atom stereocenters. The lowest BCUT2D eigenvalue weighted by molar-refractivity contribution is 0.264. The summed E-state index contributed by atoms with van der Waals surface area (Å²) in [5.74, 6) is 1.84. The van der Waals surface area contributed by atoms with Gasteiger partial charge in [-0.3, -0.25) is 4.90 Å². The van der Waals surface area contributed by atoms with Crippen LogP contribution in [0.5, 0.6) is 0 Å². The highest BCUT2D eigenvalue weighted by Gasteiger charge is 2.42. The molecule has 0 aromatic heterocycles. The Balaban J connectivity index is 1.50. The van der Waals surface area contributed by atoms with E-state index in [2.05, 4.69) is 17.1 Å². The molecule has 0 radical (unpaired) electrons. The number of likely N-dealkylation sites (tertiary alicyclic amines) is 1. The van der Waals surface area contributed by atoms with E-state index in [1.165, 1.54) is 51.7 Å². The maximum Gasteiger partial charge on any atom is 0.0445 e. The van der Waals surface area contributed by atoms with Gasteiger partial charge in [-0.1, -0.05) is 6.92 Å². The lowest BCUT2D eigenvalue weighted by atomic mass is 9.96. The van der Waals surface area contributed by atoms with Crippen LogP contribution in [0.25, 0.3) is 0 Å². The molecule has 3 fully saturated rings. The molecule has 1 aliphatic heterocycles. The Morgan fingerprint density at radius 1 is 1.35 bits per heavy atom. The second-order valence-electron chi connectivity index (χ2n) is 6.63. The van der Waals surface area contributed by atoms with Crippen molar-refractivity contribution in [3.63, 3.8) is 0 Å². The first-order valence-electron chi connectivity index (χ1n) is 7.42. The van der Waals surface area contributed by atoms with Gasteiger partial charge >= 0.3 is 0 Å². The maximum atomic E-state index is 6.04. The number of hydrogen-bond acceptors (Lipinski definition) is 3. The minimum atomic E-state index is 0.228. The molecule has 1 heterocycles. The summed E-state index contributed by atoms with van der Waals surface area (Å²) in [7, 11) is 0. The summed E-state index contributed by atoms with van der Waals surface area (Å²) in [6.45, 7) is 6.80. The van der Waals surface area contributed by atoms with Crippen molar-refractivity contribution in [2.45, 2.75) is 50.6 Å². The summed E-state index contributed by atoms with van der Waals surface area (Å²) >= 11 is 0. The van der Waals surface area contributed by atoms with Crippen molar-refractivity contribution < 1.29 is 0 Å². The van der Waals surface area contributed by atoms with Gasteiger partial charge in [-0.05, 0) is 50.5 Å². The van der Waals surface area contributed by atoms with Crippen LogP contribution in [0.3, 0.4) is 0 Å². The van der Waals surface area contributed by atoms with Crippen molar-refractivity contribution in [3.8, 4) is 0 Å². The second-order valence-corrected chi connectivity index (χ2v) is 6.63. The van der Waals surface area contributed by atoms with Gasteiger partial charge in [0.25, 0.3) is 0 Å². The molecule has 17 heavy (non-hydrogen) atoms. The predicted octanol–water partition coefficient (Wildman–Crippen LogP) is 1.19. The summed E-state index contributed by atoms with van der Waals surface area (Å²) in [5, 5.41) is 3.81. The van der Waals surface area contributed by atoms with Crippen LogP contribution < -0.4 is 11.1 Å². The number of nitrogens with two attached hydrogens (primary N) is 1. The van der Waals surface area contributed by atoms with E-state index in [4.69, 9.17) is 5.73 Å². The Morgan fingerprint density at radius 3 is 2.71 bits per heavy atom. The van der Waals surface area contributed by atoms with Crippen molar-refractivity contribution >= 4 is 0 Å². The first-order chi connectivity index (χ1) is 8.22. The highest BCUT2D eigenvalue weighted by Crippen LogP contribution is 2.37. The van der Waals surface area contributed by atoms with Crippen LogP contribution in [-0.2, 0) is 0 Å². The van der Waals surface area contributed by atoms with Gasteiger partial charge in [-0.2, -0.15) is 0 Å². The van der Waals surface area contributed by atoms with E-state index in [9.17, 15) is 0 Å². The molecule has 3 rings (SSSR count). The fourth-order valence-corrected chi connectivity index (χ4v) is 3.25. The maximum absolute atomic E-state index is 6.04. The summed E-state index contributed by atoms with van der Waals surface area (Å²) in [4.78, 5) is 2.65. The predicted molar refractivity (Wildman–Crippen MR) is 70.9 cm³/mol. The molecule has 3 heteroatoms. The molecular weight excluding hydrogens is 210 g/mol. The lowest BCUT2D eigenvalue weighted by Crippen LogP contribution is -2.54. The van der Waals surface area contributed by atoms with E-state index in [1.807, 2.05) is 0 Å². The molecule has 0 aromatic rings. The lowest BCUT2D eigenvalue weighted by Gasteiger charge is -2.31. The van der Waals surface area contributed by atoms with Crippen molar-refractivity contribution in [1.82, 2.24) is 10.2 Å². The number of nitrogens with zero attached hydrogens (tertiary/aromatic N) is 1. The van der Waals surface area contributed by atoms with E-state index in [0.717, 1.165) is 24.4 Å². The summed E-state index contributed by atoms with van der Waals surface area (Å²) in [6, 6.07) is 0.895. The molecule has 2 unspecified atom stereocenters. The Bertz CT molecular complexity index is 273. The summed E-state index contributed by atoms with van der Waals surface area (Å²) in [6.07, 6.45) is 6.98. The largest absolute Gasteiger partial charge is 0.329 e. The molecule has 98 valence electrons. The summed E-state index contributed by atoms with van der Waals surface area (Å²) < 4.78 is 0. The molecule has 0 aromatic carbocycles. The van der Waals surface area contributed by atoms with Crippen LogP contribution in [0.15, 0.2) is 0 Å². The molecule has 0 bridgehead atoms. The van der Waals surface area contributed by atoms with Crippen LogP contribution in [0.2, 0.25) is 0 Å². The van der Waals surface area contributed by atoms with Crippen LogP contribution in [-0.4, -0.2) is 42.7 Å². The van der Waals surface area contributed by atoms with Crippen molar-refractivity contribution in [3.05, 3.63) is 0 Å². The molecule has 2 saturated carbocycles. The van der Waals surface area contributed by atoms with Gasteiger partial charge < -0.3 is 11.1 Å². The third-order valence-electron chi connectivity index (χ3n) is 5.06. The summed E-state index contributed by atoms with van der Waals surface area (Å²) in [5.41, 5.74) is 6.27. The van der Waals surface area contributed by atoms with Crippen molar-refractivity contribution in [1.29, 1.82) is 0 Å². The fraction of sp³-hybridized carbons (Fsp3) is 1.00. The van der Waals surface area contributed by atoms with Gasteiger partial charge in [0.2, 0.25) is 0 Å². The first-order valence-corrected chi connectivity index (χ1v) is 7.42.